The topological polar surface area (TPSA) is 66.4 Å². The van der Waals surface area contributed by atoms with Crippen molar-refractivity contribution in [2.75, 3.05) is 24.6 Å². The third-order valence-electron chi connectivity index (χ3n) is 2.72. The standard InChI is InChI=1S/C7H13NO3S/c9-7-5-1-8-2-6(7)4-12(10,11)3-5/h5-9H,1-4H2. The van der Waals surface area contributed by atoms with E-state index < -0.39 is 15.9 Å². The molecule has 4 nitrogen and oxygen atoms in total. The fourth-order valence-electron chi connectivity index (χ4n) is 2.12. The Bertz CT molecular complexity index is 254. The predicted molar refractivity (Wildman–Crippen MR) is 44.5 cm³/mol. The van der Waals surface area contributed by atoms with Gasteiger partial charge in [0, 0.05) is 24.9 Å². The molecule has 2 unspecified atom stereocenters. The van der Waals surface area contributed by atoms with E-state index in [0.717, 1.165) is 0 Å². The highest BCUT2D eigenvalue weighted by molar-refractivity contribution is 7.91. The maximum Gasteiger partial charge on any atom is 0.151 e. The third kappa shape index (κ3) is 1.36. The molecule has 2 aliphatic heterocycles. The zero-order valence-corrected chi connectivity index (χ0v) is 7.55. The van der Waals surface area contributed by atoms with Crippen LogP contribution in [0.25, 0.3) is 0 Å². The summed E-state index contributed by atoms with van der Waals surface area (Å²) in [5.41, 5.74) is 0. The first-order chi connectivity index (χ1) is 5.58. The second-order valence-electron chi connectivity index (χ2n) is 3.75. The first kappa shape index (κ1) is 8.47. The molecule has 0 saturated carbocycles. The van der Waals surface area contributed by atoms with Crippen molar-refractivity contribution >= 4 is 9.84 Å². The average molecular weight is 191 g/mol. The minimum Gasteiger partial charge on any atom is -0.392 e. The second kappa shape index (κ2) is 2.68. The molecule has 2 fully saturated rings. The largest absolute Gasteiger partial charge is 0.392 e. The van der Waals surface area contributed by atoms with Crippen LogP contribution in [0.4, 0.5) is 0 Å². The molecule has 0 aromatic carbocycles. The molecule has 0 amide bonds. The molecular formula is C7H13NO3S. The van der Waals surface area contributed by atoms with Gasteiger partial charge in [0.25, 0.3) is 0 Å². The summed E-state index contributed by atoms with van der Waals surface area (Å²) < 4.78 is 22.5. The molecule has 5 heteroatoms. The Balaban J connectivity index is 2.23. The van der Waals surface area contributed by atoms with Gasteiger partial charge in [-0.25, -0.2) is 8.42 Å². The molecule has 2 heterocycles. The number of hydrogen-bond donors (Lipinski definition) is 2. The molecule has 70 valence electrons. The van der Waals surface area contributed by atoms with E-state index in [1.807, 2.05) is 0 Å². The van der Waals surface area contributed by atoms with E-state index >= 15 is 0 Å². The molecule has 12 heavy (non-hydrogen) atoms. The van der Waals surface area contributed by atoms with Crippen molar-refractivity contribution in [2.45, 2.75) is 6.10 Å². The molecule has 0 aromatic heterocycles. The molecule has 2 saturated heterocycles. The summed E-state index contributed by atoms with van der Waals surface area (Å²) in [4.78, 5) is 0. The van der Waals surface area contributed by atoms with Gasteiger partial charge >= 0.3 is 0 Å². The van der Waals surface area contributed by atoms with Crippen molar-refractivity contribution in [1.29, 1.82) is 0 Å². The highest BCUT2D eigenvalue weighted by atomic mass is 32.2. The van der Waals surface area contributed by atoms with E-state index in [4.69, 9.17) is 0 Å². The zero-order chi connectivity index (χ0) is 8.77. The number of fused-ring (bicyclic) bond motifs is 2. The number of sulfone groups is 1. The minimum absolute atomic E-state index is 0.0810. The smallest absolute Gasteiger partial charge is 0.151 e. The number of nitrogens with one attached hydrogen (secondary N) is 1. The van der Waals surface area contributed by atoms with Gasteiger partial charge in [0.15, 0.2) is 9.84 Å². The van der Waals surface area contributed by atoms with Gasteiger partial charge in [-0.3, -0.25) is 0 Å². The van der Waals surface area contributed by atoms with Crippen LogP contribution in [0.5, 0.6) is 0 Å². The summed E-state index contributed by atoms with van der Waals surface area (Å²) in [5, 5.41) is 12.7. The Labute approximate surface area is 71.9 Å². The molecule has 2 atom stereocenters. The summed E-state index contributed by atoms with van der Waals surface area (Å²) in [6.07, 6.45) is -0.408. The van der Waals surface area contributed by atoms with E-state index in [1.165, 1.54) is 0 Å². The number of hydrogen-bond acceptors (Lipinski definition) is 4. The van der Waals surface area contributed by atoms with Gasteiger partial charge in [-0.05, 0) is 0 Å². The van der Waals surface area contributed by atoms with Gasteiger partial charge in [-0.2, -0.15) is 0 Å². The van der Waals surface area contributed by atoms with Crippen LogP contribution in [0, 0.1) is 11.8 Å². The summed E-state index contributed by atoms with van der Waals surface area (Å²) in [7, 11) is -2.87. The minimum atomic E-state index is -2.87. The summed E-state index contributed by atoms with van der Waals surface area (Å²) in [6, 6.07) is 0. The van der Waals surface area contributed by atoms with Crippen molar-refractivity contribution in [3.63, 3.8) is 0 Å². The van der Waals surface area contributed by atoms with Gasteiger partial charge < -0.3 is 10.4 Å². The van der Waals surface area contributed by atoms with E-state index in [2.05, 4.69) is 5.32 Å². The molecule has 2 aliphatic rings. The normalized spacial score (nSPS) is 45.6. The monoisotopic (exact) mass is 191 g/mol. The first-order valence-corrected chi connectivity index (χ1v) is 6.00. The van der Waals surface area contributed by atoms with Crippen LogP contribution in [-0.2, 0) is 9.84 Å². The van der Waals surface area contributed by atoms with Crippen molar-refractivity contribution in [3.05, 3.63) is 0 Å². The van der Waals surface area contributed by atoms with Crippen LogP contribution in [0.15, 0.2) is 0 Å². The molecule has 0 radical (unpaired) electrons. The Morgan fingerprint density at radius 1 is 1.17 bits per heavy atom. The van der Waals surface area contributed by atoms with Crippen LogP contribution in [0.2, 0.25) is 0 Å². The fourth-order valence-corrected chi connectivity index (χ4v) is 4.19. The summed E-state index contributed by atoms with van der Waals surface area (Å²) >= 11 is 0. The van der Waals surface area contributed by atoms with Crippen LogP contribution >= 0.6 is 0 Å². The number of rotatable bonds is 0. The lowest BCUT2D eigenvalue weighted by Gasteiger charge is -2.39. The third-order valence-corrected chi connectivity index (χ3v) is 4.59. The molecule has 2 rings (SSSR count). The van der Waals surface area contributed by atoms with Crippen molar-refractivity contribution in [1.82, 2.24) is 5.32 Å². The number of aliphatic hydroxyl groups excluding tert-OH is 1. The van der Waals surface area contributed by atoms with E-state index in [9.17, 15) is 13.5 Å². The molecule has 0 aromatic rings. The van der Waals surface area contributed by atoms with Crippen molar-refractivity contribution < 1.29 is 13.5 Å². The molecule has 2 bridgehead atoms. The van der Waals surface area contributed by atoms with Crippen molar-refractivity contribution in [2.24, 2.45) is 11.8 Å². The van der Waals surface area contributed by atoms with E-state index in [0.29, 0.717) is 13.1 Å². The van der Waals surface area contributed by atoms with Crippen LogP contribution in [-0.4, -0.2) is 44.2 Å². The SMILES string of the molecule is O=S1(=O)CC2CNCC(C1)C2O. The predicted octanol–water partition coefficient (Wildman–Crippen LogP) is -1.39. The lowest BCUT2D eigenvalue weighted by Crippen LogP contribution is -2.55. The highest BCUT2D eigenvalue weighted by Gasteiger charge is 2.41. The van der Waals surface area contributed by atoms with E-state index in [-0.39, 0.29) is 23.3 Å². The Kier molecular flexibility index (Phi) is 1.89. The lowest BCUT2D eigenvalue weighted by atomic mass is 9.89. The fraction of sp³-hybridized carbons (Fsp3) is 1.00. The molecule has 0 spiro atoms. The van der Waals surface area contributed by atoms with Crippen LogP contribution in [0.1, 0.15) is 0 Å². The molecule has 2 N–H and O–H groups in total. The highest BCUT2D eigenvalue weighted by Crippen LogP contribution is 2.26. The summed E-state index contributed by atoms with van der Waals surface area (Å²) in [5.74, 6) is 0.139. The molecular weight excluding hydrogens is 178 g/mol. The average Bonchev–Trinajstić information content (AvgIpc) is 1.92. The Hall–Kier alpha value is -0.130. The Morgan fingerprint density at radius 3 is 2.17 bits per heavy atom. The summed E-state index contributed by atoms with van der Waals surface area (Å²) in [6.45, 7) is 1.27. The number of aliphatic hydroxyl groups is 1. The quantitative estimate of drug-likeness (QED) is 0.495. The maximum absolute atomic E-state index is 11.3. The second-order valence-corrected chi connectivity index (χ2v) is 5.90. The first-order valence-electron chi connectivity index (χ1n) is 4.18. The van der Waals surface area contributed by atoms with Crippen LogP contribution < -0.4 is 5.32 Å². The van der Waals surface area contributed by atoms with Gasteiger partial charge in [-0.1, -0.05) is 0 Å². The number of piperidine rings is 1. The van der Waals surface area contributed by atoms with Gasteiger partial charge in [0.05, 0.1) is 17.6 Å². The Morgan fingerprint density at radius 2 is 1.67 bits per heavy atom. The van der Waals surface area contributed by atoms with Crippen molar-refractivity contribution in [3.8, 4) is 0 Å². The molecule has 0 aliphatic carbocycles. The lowest BCUT2D eigenvalue weighted by molar-refractivity contribution is 0.0400. The zero-order valence-electron chi connectivity index (χ0n) is 6.73. The van der Waals surface area contributed by atoms with Gasteiger partial charge in [-0.15, -0.1) is 0 Å². The maximum atomic E-state index is 11.3. The van der Waals surface area contributed by atoms with Gasteiger partial charge in [0.1, 0.15) is 0 Å². The van der Waals surface area contributed by atoms with Crippen LogP contribution in [0.3, 0.4) is 0 Å². The van der Waals surface area contributed by atoms with Gasteiger partial charge in [0.2, 0.25) is 0 Å². The van der Waals surface area contributed by atoms with E-state index in [1.54, 1.807) is 0 Å².